The number of carbonyl (C=O) groups excluding carboxylic acids is 2. The van der Waals surface area contributed by atoms with Crippen molar-refractivity contribution in [1.82, 2.24) is 10.1 Å². The Kier molecular flexibility index (Phi) is 7.79. The first-order chi connectivity index (χ1) is 18.1. The molecule has 4 rings (SSSR count). The molecule has 0 spiro atoms. The highest BCUT2D eigenvalue weighted by Gasteiger charge is 2.38. The fraction of sp³-hybridized carbons (Fsp3) is 0.370. The zero-order valence-corrected chi connectivity index (χ0v) is 21.5. The first-order valence-electron chi connectivity index (χ1n) is 11.9. The van der Waals surface area contributed by atoms with Gasteiger partial charge in [0, 0.05) is 37.4 Å². The molecule has 2 aromatic carbocycles. The van der Waals surface area contributed by atoms with E-state index in [1.54, 1.807) is 33.1 Å². The van der Waals surface area contributed by atoms with E-state index in [-0.39, 0.29) is 30.2 Å². The molecule has 0 aliphatic carbocycles. The van der Waals surface area contributed by atoms with Crippen LogP contribution in [0.1, 0.15) is 52.7 Å². The molecular formula is C27H29F2N3O6. The third kappa shape index (κ3) is 5.39. The molecule has 1 aromatic heterocycles. The maximum Gasteiger partial charge on any atom is 0.293 e. The number of hydrogen-bond donors (Lipinski definition) is 2. The quantitative estimate of drug-likeness (QED) is 0.460. The third-order valence-electron chi connectivity index (χ3n) is 6.48. The Labute approximate surface area is 217 Å². The van der Waals surface area contributed by atoms with Crippen LogP contribution in [0, 0.1) is 11.6 Å². The van der Waals surface area contributed by atoms with Gasteiger partial charge in [-0.1, -0.05) is 32.0 Å². The summed E-state index contributed by atoms with van der Waals surface area (Å²) in [6, 6.07) is 7.31. The van der Waals surface area contributed by atoms with E-state index in [1.165, 1.54) is 12.0 Å². The Morgan fingerprint density at radius 3 is 2.45 bits per heavy atom. The van der Waals surface area contributed by atoms with Crippen LogP contribution in [-0.2, 0) is 32.7 Å². The summed E-state index contributed by atoms with van der Waals surface area (Å²) in [5.74, 6) is -3.28. The van der Waals surface area contributed by atoms with Crippen LogP contribution in [0.5, 0.6) is 0 Å². The average Bonchev–Trinajstić information content (AvgIpc) is 3.28. The zero-order valence-electron chi connectivity index (χ0n) is 21.5. The van der Waals surface area contributed by atoms with Gasteiger partial charge >= 0.3 is 0 Å². The van der Waals surface area contributed by atoms with E-state index >= 15 is 8.78 Å². The second kappa shape index (κ2) is 10.9. The van der Waals surface area contributed by atoms with Crippen molar-refractivity contribution >= 4 is 17.5 Å². The van der Waals surface area contributed by atoms with Gasteiger partial charge in [-0.15, -0.1) is 0 Å². The molecule has 9 nitrogen and oxygen atoms in total. The van der Waals surface area contributed by atoms with Crippen molar-refractivity contribution < 1.29 is 32.4 Å². The van der Waals surface area contributed by atoms with Gasteiger partial charge in [-0.2, -0.15) is 5.16 Å². The van der Waals surface area contributed by atoms with Crippen molar-refractivity contribution in [2.75, 3.05) is 32.7 Å². The SMILES string of the molecule is COCc1ccc2c(c1)CCN(C(=O)c1cc(=O)[nH]o1)[C@H]2C(=O)Nc1cc(F)c(C(C)(C)COC)c(F)c1. The van der Waals surface area contributed by atoms with Gasteiger partial charge in [-0.3, -0.25) is 14.4 Å². The van der Waals surface area contributed by atoms with Gasteiger partial charge in [0.2, 0.25) is 5.76 Å². The largest absolute Gasteiger partial charge is 0.384 e. The number of aromatic amines is 1. The Bertz CT molecular complexity index is 1390. The molecule has 1 aliphatic heterocycles. The number of fused-ring (bicyclic) bond motifs is 1. The molecule has 38 heavy (non-hydrogen) atoms. The first-order valence-corrected chi connectivity index (χ1v) is 11.9. The minimum Gasteiger partial charge on any atom is -0.384 e. The number of halogens is 2. The van der Waals surface area contributed by atoms with E-state index in [1.807, 2.05) is 6.07 Å². The summed E-state index contributed by atoms with van der Waals surface area (Å²) in [5.41, 5.74) is 0.443. The van der Waals surface area contributed by atoms with Gasteiger partial charge in [0.25, 0.3) is 17.4 Å². The van der Waals surface area contributed by atoms with E-state index in [2.05, 4.69) is 10.5 Å². The lowest BCUT2D eigenvalue weighted by atomic mass is 9.84. The molecule has 0 bridgehead atoms. The topological polar surface area (TPSA) is 114 Å². The van der Waals surface area contributed by atoms with E-state index in [0.29, 0.717) is 18.6 Å². The fourth-order valence-corrected chi connectivity index (χ4v) is 4.90. The summed E-state index contributed by atoms with van der Waals surface area (Å²) in [6.07, 6.45) is 0.434. The van der Waals surface area contributed by atoms with Crippen LogP contribution in [0.2, 0.25) is 0 Å². The van der Waals surface area contributed by atoms with E-state index < -0.39 is 40.5 Å². The lowest BCUT2D eigenvalue weighted by molar-refractivity contribution is -0.121. The van der Waals surface area contributed by atoms with Crippen LogP contribution in [0.4, 0.5) is 14.5 Å². The molecule has 1 aliphatic rings. The molecule has 3 aromatic rings. The highest BCUT2D eigenvalue weighted by atomic mass is 19.1. The summed E-state index contributed by atoms with van der Waals surface area (Å²) in [7, 11) is 3.01. The van der Waals surface area contributed by atoms with Crippen molar-refractivity contribution in [3.05, 3.63) is 86.4 Å². The molecule has 0 radical (unpaired) electrons. The number of methoxy groups -OCH3 is 2. The Hall–Kier alpha value is -3.83. The summed E-state index contributed by atoms with van der Waals surface area (Å²) in [5, 5.41) is 4.62. The highest BCUT2D eigenvalue weighted by molar-refractivity contribution is 6.01. The predicted molar refractivity (Wildman–Crippen MR) is 134 cm³/mol. The third-order valence-corrected chi connectivity index (χ3v) is 6.48. The number of nitrogens with one attached hydrogen (secondary N) is 2. The molecular weight excluding hydrogens is 500 g/mol. The maximum atomic E-state index is 15.0. The van der Waals surface area contributed by atoms with Crippen molar-refractivity contribution in [2.24, 2.45) is 0 Å². The van der Waals surface area contributed by atoms with Crippen LogP contribution in [0.3, 0.4) is 0 Å². The molecule has 0 saturated carbocycles. The zero-order chi connectivity index (χ0) is 27.6. The van der Waals surface area contributed by atoms with Crippen molar-refractivity contribution in [1.29, 1.82) is 0 Å². The molecule has 2 amide bonds. The minimum absolute atomic E-state index is 0.0861. The Balaban J connectivity index is 1.70. The second-order valence-corrected chi connectivity index (χ2v) is 9.82. The molecule has 202 valence electrons. The van der Waals surface area contributed by atoms with E-state index in [4.69, 9.17) is 14.0 Å². The van der Waals surface area contributed by atoms with E-state index in [9.17, 15) is 14.4 Å². The molecule has 0 fully saturated rings. The molecule has 1 atom stereocenters. The fourth-order valence-electron chi connectivity index (χ4n) is 4.90. The number of carbonyl (C=O) groups is 2. The molecule has 0 saturated heterocycles. The van der Waals surface area contributed by atoms with Crippen molar-refractivity contribution in [3.8, 4) is 0 Å². The Morgan fingerprint density at radius 2 is 1.84 bits per heavy atom. The average molecular weight is 530 g/mol. The standard InChI is InChI=1S/C27H29F2N3O6/c1-27(2,14-37-4)23-19(28)10-17(11-20(23)29)30-25(34)24-18-6-5-15(13-36-3)9-16(18)7-8-32(24)26(35)21-12-22(33)31-38-21/h5-6,9-12,24H,7-8,13-14H2,1-4H3,(H,30,34)(H,31,33)/t24-/m1/s1. The number of ether oxygens (including phenoxy) is 2. The lowest BCUT2D eigenvalue weighted by Crippen LogP contribution is -2.45. The number of H-pyrrole nitrogens is 1. The lowest BCUT2D eigenvalue weighted by Gasteiger charge is -2.36. The van der Waals surface area contributed by atoms with Crippen LogP contribution in [0.25, 0.3) is 0 Å². The van der Waals surface area contributed by atoms with Crippen molar-refractivity contribution in [2.45, 2.75) is 38.3 Å². The molecule has 0 unspecified atom stereocenters. The predicted octanol–water partition coefficient (Wildman–Crippen LogP) is 3.69. The molecule has 2 heterocycles. The molecule has 2 N–H and O–H groups in total. The summed E-state index contributed by atoms with van der Waals surface area (Å²) in [4.78, 5) is 39.6. The number of benzene rings is 2. The number of rotatable bonds is 8. The van der Waals surface area contributed by atoms with Gasteiger partial charge in [0.1, 0.15) is 17.7 Å². The highest BCUT2D eigenvalue weighted by Crippen LogP contribution is 2.35. The van der Waals surface area contributed by atoms with Gasteiger partial charge in [0.15, 0.2) is 0 Å². The monoisotopic (exact) mass is 529 g/mol. The van der Waals surface area contributed by atoms with Crippen LogP contribution in [-0.4, -0.2) is 49.2 Å². The number of amides is 2. The Morgan fingerprint density at radius 1 is 1.13 bits per heavy atom. The smallest absolute Gasteiger partial charge is 0.293 e. The van der Waals surface area contributed by atoms with Gasteiger partial charge in [-0.25, -0.2) is 8.78 Å². The summed E-state index contributed by atoms with van der Waals surface area (Å²) < 4.78 is 45.3. The first kappa shape index (κ1) is 27.2. The number of aromatic nitrogens is 1. The summed E-state index contributed by atoms with van der Waals surface area (Å²) >= 11 is 0. The van der Waals surface area contributed by atoms with E-state index in [0.717, 1.165) is 29.3 Å². The normalized spacial score (nSPS) is 15.3. The second-order valence-electron chi connectivity index (χ2n) is 9.82. The van der Waals surface area contributed by atoms with Gasteiger partial charge in [-0.05, 0) is 35.2 Å². The number of hydrogen-bond acceptors (Lipinski definition) is 6. The number of nitrogens with zero attached hydrogens (tertiary/aromatic N) is 1. The minimum atomic E-state index is -1.15. The maximum absolute atomic E-state index is 15.0. The number of anilines is 1. The molecule has 11 heteroatoms. The van der Waals surface area contributed by atoms with Crippen LogP contribution >= 0.6 is 0 Å². The van der Waals surface area contributed by atoms with Crippen LogP contribution in [0.15, 0.2) is 45.7 Å². The van der Waals surface area contributed by atoms with Crippen molar-refractivity contribution in [3.63, 3.8) is 0 Å². The summed E-state index contributed by atoms with van der Waals surface area (Å²) in [6.45, 7) is 3.89. The van der Waals surface area contributed by atoms with Gasteiger partial charge < -0.3 is 24.2 Å². The van der Waals surface area contributed by atoms with Gasteiger partial charge in [0.05, 0.1) is 19.3 Å². The van der Waals surface area contributed by atoms with Crippen LogP contribution < -0.4 is 10.9 Å².